The van der Waals surface area contributed by atoms with E-state index in [2.05, 4.69) is 30.5 Å². The maximum atomic E-state index is 12.1. The molecule has 1 amide bonds. The summed E-state index contributed by atoms with van der Waals surface area (Å²) in [6.45, 7) is 5.62. The van der Waals surface area contributed by atoms with Crippen LogP contribution in [0.4, 0.5) is 0 Å². The molecule has 0 spiro atoms. The van der Waals surface area contributed by atoms with Crippen molar-refractivity contribution in [2.75, 3.05) is 13.1 Å². The van der Waals surface area contributed by atoms with E-state index in [1.54, 1.807) is 6.07 Å². The molecule has 136 valence electrons. The van der Waals surface area contributed by atoms with E-state index in [0.29, 0.717) is 25.3 Å². The first-order valence-electron chi connectivity index (χ1n) is 8.53. The molecule has 0 aromatic carbocycles. The van der Waals surface area contributed by atoms with Gasteiger partial charge >= 0.3 is 0 Å². The van der Waals surface area contributed by atoms with E-state index >= 15 is 0 Å². The van der Waals surface area contributed by atoms with Crippen LogP contribution in [0.5, 0.6) is 0 Å². The zero-order chi connectivity index (χ0) is 18.3. The topological polar surface area (TPSA) is 111 Å². The van der Waals surface area contributed by atoms with Crippen molar-refractivity contribution in [3.8, 4) is 0 Å². The number of amides is 1. The van der Waals surface area contributed by atoms with Crippen molar-refractivity contribution in [1.29, 1.82) is 0 Å². The Morgan fingerprint density at radius 2 is 2.27 bits per heavy atom. The Kier molecular flexibility index (Phi) is 4.17. The van der Waals surface area contributed by atoms with Crippen molar-refractivity contribution in [3.05, 3.63) is 47.2 Å². The number of β-amino-alcohol motifs (C(OH)–C–C–N with tert-alkyl or cyclic N) is 1. The summed E-state index contributed by atoms with van der Waals surface area (Å²) in [5.74, 6) is -0.266. The van der Waals surface area contributed by atoms with Gasteiger partial charge in [0.1, 0.15) is 5.69 Å². The third-order valence-electron chi connectivity index (χ3n) is 4.67. The van der Waals surface area contributed by atoms with Crippen LogP contribution in [0.2, 0.25) is 0 Å². The maximum Gasteiger partial charge on any atom is 0.269 e. The molecule has 1 aliphatic heterocycles. The van der Waals surface area contributed by atoms with E-state index in [1.165, 1.54) is 6.20 Å². The van der Waals surface area contributed by atoms with Gasteiger partial charge in [-0.25, -0.2) is 9.50 Å². The van der Waals surface area contributed by atoms with Gasteiger partial charge in [0, 0.05) is 42.8 Å². The molecule has 1 saturated heterocycles. The lowest BCUT2D eigenvalue weighted by Gasteiger charge is -2.16. The number of hydrogen-bond acceptors (Lipinski definition) is 6. The molecule has 9 heteroatoms. The summed E-state index contributed by atoms with van der Waals surface area (Å²) < 4.78 is 1.83. The smallest absolute Gasteiger partial charge is 0.269 e. The molecule has 1 fully saturated rings. The number of fused-ring (bicyclic) bond motifs is 1. The van der Waals surface area contributed by atoms with Crippen LogP contribution in [-0.4, -0.2) is 65.9 Å². The Balaban J connectivity index is 1.46. The third-order valence-corrected chi connectivity index (χ3v) is 4.67. The lowest BCUT2D eigenvalue weighted by atomic mass is 10.2. The van der Waals surface area contributed by atoms with E-state index in [-0.39, 0.29) is 11.9 Å². The highest BCUT2D eigenvalue weighted by Crippen LogP contribution is 2.18. The fraction of sp³-hybridized carbons (Fsp3) is 0.412. The van der Waals surface area contributed by atoms with Gasteiger partial charge in [0.05, 0.1) is 18.3 Å². The van der Waals surface area contributed by atoms with Gasteiger partial charge in [-0.3, -0.25) is 14.8 Å². The molecule has 0 unspecified atom stereocenters. The molecule has 3 N–H and O–H groups in total. The largest absolute Gasteiger partial charge is 0.390 e. The Bertz CT molecular complexity index is 934. The van der Waals surface area contributed by atoms with Gasteiger partial charge in [-0.15, -0.1) is 0 Å². The first-order chi connectivity index (χ1) is 12.5. The number of rotatable bonds is 4. The summed E-state index contributed by atoms with van der Waals surface area (Å²) >= 11 is 0. The number of aliphatic hydroxyl groups is 1. The number of carbonyl (C=O) groups excluding carboxylic acids is 1. The molecule has 2 atom stereocenters. The van der Waals surface area contributed by atoms with Crippen LogP contribution in [0, 0.1) is 13.8 Å². The molecular weight excluding hydrogens is 334 g/mol. The molecule has 1 aliphatic rings. The quantitative estimate of drug-likeness (QED) is 0.609. The van der Waals surface area contributed by atoms with Gasteiger partial charge in [0.25, 0.3) is 5.91 Å². The Morgan fingerprint density at radius 1 is 1.42 bits per heavy atom. The van der Waals surface area contributed by atoms with Crippen molar-refractivity contribution >= 4 is 11.6 Å². The molecule has 4 heterocycles. The number of aromatic amines is 1. The predicted octanol–water partition coefficient (Wildman–Crippen LogP) is 0.0443. The summed E-state index contributed by atoms with van der Waals surface area (Å²) in [4.78, 5) is 18.8. The zero-order valence-electron chi connectivity index (χ0n) is 14.7. The highest BCUT2D eigenvalue weighted by Gasteiger charge is 2.33. The first kappa shape index (κ1) is 16.7. The van der Waals surface area contributed by atoms with E-state index in [1.807, 2.05) is 30.6 Å². The van der Waals surface area contributed by atoms with Crippen LogP contribution in [0.15, 0.2) is 24.5 Å². The Labute approximate surface area is 150 Å². The van der Waals surface area contributed by atoms with Crippen molar-refractivity contribution in [3.63, 3.8) is 0 Å². The zero-order valence-corrected chi connectivity index (χ0v) is 14.7. The lowest BCUT2D eigenvalue weighted by Crippen LogP contribution is -2.43. The van der Waals surface area contributed by atoms with Crippen molar-refractivity contribution < 1.29 is 9.90 Å². The number of hydrogen-bond donors (Lipinski definition) is 3. The van der Waals surface area contributed by atoms with Crippen LogP contribution < -0.4 is 5.32 Å². The van der Waals surface area contributed by atoms with Crippen LogP contribution in [-0.2, 0) is 6.54 Å². The molecular formula is C17H21N7O2. The normalized spacial score (nSPS) is 20.7. The second-order valence-electron chi connectivity index (χ2n) is 6.76. The second kappa shape index (κ2) is 6.50. The Hall–Kier alpha value is -2.78. The third kappa shape index (κ3) is 3.06. The average molecular weight is 355 g/mol. The van der Waals surface area contributed by atoms with E-state index in [4.69, 9.17) is 0 Å². The summed E-state index contributed by atoms with van der Waals surface area (Å²) in [7, 11) is 0. The van der Waals surface area contributed by atoms with E-state index in [9.17, 15) is 9.90 Å². The molecule has 9 nitrogen and oxygen atoms in total. The standard InChI is InChI=1S/C17H21N7O2/c1-10-5-11(2)24-16(20-10)12(6-19-24)7-23-8-14(15(25)9-23)21-17(26)13-3-4-18-22-13/h3-6,14-15,25H,7-9H2,1-2H3,(H,18,22)(H,21,26)/t14-,15-/m1/s1. The number of aryl methyl sites for hydroxylation is 2. The molecule has 4 rings (SSSR count). The van der Waals surface area contributed by atoms with Crippen LogP contribution in [0.3, 0.4) is 0 Å². The van der Waals surface area contributed by atoms with Gasteiger partial charge in [0.15, 0.2) is 5.65 Å². The molecule has 26 heavy (non-hydrogen) atoms. The number of H-pyrrole nitrogens is 1. The van der Waals surface area contributed by atoms with E-state index in [0.717, 1.165) is 22.6 Å². The van der Waals surface area contributed by atoms with Crippen LogP contribution >= 0.6 is 0 Å². The number of nitrogens with one attached hydrogen (secondary N) is 2. The number of aliphatic hydroxyl groups excluding tert-OH is 1. The highest BCUT2D eigenvalue weighted by atomic mass is 16.3. The van der Waals surface area contributed by atoms with Gasteiger partial charge in [-0.05, 0) is 26.0 Å². The average Bonchev–Trinajstić information content (AvgIpc) is 3.30. The second-order valence-corrected chi connectivity index (χ2v) is 6.76. The predicted molar refractivity (Wildman–Crippen MR) is 93.6 cm³/mol. The Morgan fingerprint density at radius 3 is 3.04 bits per heavy atom. The minimum atomic E-state index is -0.625. The van der Waals surface area contributed by atoms with Gasteiger partial charge in [-0.2, -0.15) is 10.2 Å². The van der Waals surface area contributed by atoms with Crippen molar-refractivity contribution in [1.82, 2.24) is 35.0 Å². The summed E-state index contributed by atoms with van der Waals surface area (Å²) in [6.07, 6.45) is 2.71. The fourth-order valence-corrected chi connectivity index (χ4v) is 3.43. The number of likely N-dealkylation sites (tertiary alicyclic amines) is 1. The molecule has 0 radical (unpaired) electrons. The lowest BCUT2D eigenvalue weighted by molar-refractivity contribution is 0.0883. The highest BCUT2D eigenvalue weighted by molar-refractivity contribution is 5.92. The van der Waals surface area contributed by atoms with Gasteiger partial charge in [-0.1, -0.05) is 0 Å². The number of carbonyl (C=O) groups is 1. The fourth-order valence-electron chi connectivity index (χ4n) is 3.43. The monoisotopic (exact) mass is 355 g/mol. The first-order valence-corrected chi connectivity index (χ1v) is 8.53. The SMILES string of the molecule is Cc1cc(C)n2ncc(CN3C[C@@H](O)[C@H](NC(=O)c4ccn[nH]4)C3)c2n1. The molecule has 0 saturated carbocycles. The summed E-state index contributed by atoms with van der Waals surface area (Å²) in [5, 5.41) is 24.0. The minimum absolute atomic E-state index is 0.266. The van der Waals surface area contributed by atoms with Crippen molar-refractivity contribution in [2.24, 2.45) is 0 Å². The van der Waals surface area contributed by atoms with E-state index < -0.39 is 6.10 Å². The summed E-state index contributed by atoms with van der Waals surface area (Å²) in [6, 6.07) is 3.26. The maximum absolute atomic E-state index is 12.1. The molecule has 3 aromatic heterocycles. The van der Waals surface area contributed by atoms with Crippen molar-refractivity contribution in [2.45, 2.75) is 32.5 Å². The molecule has 0 bridgehead atoms. The van der Waals surface area contributed by atoms with Crippen LogP contribution in [0.1, 0.15) is 27.4 Å². The van der Waals surface area contributed by atoms with Crippen LogP contribution in [0.25, 0.3) is 5.65 Å². The van der Waals surface area contributed by atoms with Gasteiger partial charge < -0.3 is 10.4 Å². The number of aromatic nitrogens is 5. The number of nitrogens with zero attached hydrogens (tertiary/aromatic N) is 5. The summed E-state index contributed by atoms with van der Waals surface area (Å²) in [5.41, 5.74) is 4.20. The molecule has 0 aliphatic carbocycles. The molecule has 3 aromatic rings. The minimum Gasteiger partial charge on any atom is -0.390 e. The van der Waals surface area contributed by atoms with Gasteiger partial charge in [0.2, 0.25) is 0 Å².